The molecule has 2 N–H and O–H groups in total. The summed E-state index contributed by atoms with van der Waals surface area (Å²) < 4.78 is 0. The second-order valence-electron chi connectivity index (χ2n) is 6.84. The van der Waals surface area contributed by atoms with Crippen LogP contribution in [0.25, 0.3) is 0 Å². The van der Waals surface area contributed by atoms with Crippen LogP contribution in [0, 0.1) is 0 Å². The van der Waals surface area contributed by atoms with Crippen LogP contribution in [0.3, 0.4) is 0 Å². The molecular formula is C19H22ClN3O3. The number of aromatic amines is 1. The molecule has 7 heteroatoms. The van der Waals surface area contributed by atoms with E-state index in [0.717, 1.165) is 5.56 Å². The fraction of sp³-hybridized carbons (Fsp3) is 0.368. The quantitative estimate of drug-likeness (QED) is 0.856. The number of carbonyl (C=O) groups excluding carboxylic acids is 1. The maximum Gasteiger partial charge on any atom is 0.266 e. The van der Waals surface area contributed by atoms with Gasteiger partial charge in [-0.1, -0.05) is 41.9 Å². The number of pyridine rings is 1. The Bertz CT molecular complexity index is 853. The van der Waals surface area contributed by atoms with E-state index in [1.54, 1.807) is 4.90 Å². The SMILES string of the molecule is CN(C)[C@@H]1CN(C(=O)c2c[nH]c(=O)c(Cl)c2)CC[C@]1(O)c1ccccc1. The number of likely N-dealkylation sites (tertiary alicyclic amines) is 1. The van der Waals surface area contributed by atoms with Gasteiger partial charge in [-0.25, -0.2) is 0 Å². The molecule has 1 aliphatic heterocycles. The third-order valence-electron chi connectivity index (χ3n) is 5.00. The van der Waals surface area contributed by atoms with Crippen molar-refractivity contribution in [3.05, 3.63) is 69.1 Å². The first-order valence-corrected chi connectivity index (χ1v) is 8.82. The van der Waals surface area contributed by atoms with E-state index in [1.807, 2.05) is 49.3 Å². The van der Waals surface area contributed by atoms with Gasteiger partial charge in [0.1, 0.15) is 10.6 Å². The molecule has 0 unspecified atom stereocenters. The van der Waals surface area contributed by atoms with Crippen molar-refractivity contribution in [2.24, 2.45) is 0 Å². The molecule has 0 saturated carbocycles. The van der Waals surface area contributed by atoms with Crippen molar-refractivity contribution in [2.75, 3.05) is 27.2 Å². The molecule has 26 heavy (non-hydrogen) atoms. The minimum atomic E-state index is -1.04. The molecule has 1 fully saturated rings. The van der Waals surface area contributed by atoms with E-state index in [4.69, 9.17) is 11.6 Å². The van der Waals surface area contributed by atoms with Crippen molar-refractivity contribution < 1.29 is 9.90 Å². The highest BCUT2D eigenvalue weighted by Gasteiger charge is 2.45. The fourth-order valence-electron chi connectivity index (χ4n) is 3.52. The number of piperidine rings is 1. The minimum absolute atomic E-state index is 0.0159. The van der Waals surface area contributed by atoms with Gasteiger partial charge in [-0.15, -0.1) is 0 Å². The average molecular weight is 376 g/mol. The van der Waals surface area contributed by atoms with Gasteiger partial charge in [-0.05, 0) is 32.1 Å². The van der Waals surface area contributed by atoms with Crippen molar-refractivity contribution in [1.29, 1.82) is 0 Å². The summed E-state index contributed by atoms with van der Waals surface area (Å²) in [7, 11) is 3.78. The normalized spacial score (nSPS) is 23.3. The summed E-state index contributed by atoms with van der Waals surface area (Å²) in [5.41, 5.74) is -0.286. The van der Waals surface area contributed by atoms with Gasteiger partial charge in [0.05, 0.1) is 11.6 Å². The minimum Gasteiger partial charge on any atom is -0.383 e. The van der Waals surface area contributed by atoms with Crippen LogP contribution < -0.4 is 5.56 Å². The molecule has 2 heterocycles. The number of H-pyrrole nitrogens is 1. The van der Waals surface area contributed by atoms with Crippen LogP contribution >= 0.6 is 11.6 Å². The van der Waals surface area contributed by atoms with E-state index < -0.39 is 11.2 Å². The Hall–Kier alpha value is -2.15. The first-order chi connectivity index (χ1) is 12.3. The largest absolute Gasteiger partial charge is 0.383 e. The molecule has 1 aromatic heterocycles. The molecule has 0 bridgehead atoms. The maximum atomic E-state index is 12.8. The first-order valence-electron chi connectivity index (χ1n) is 8.45. The van der Waals surface area contributed by atoms with Crippen LogP contribution in [0.5, 0.6) is 0 Å². The summed E-state index contributed by atoms with van der Waals surface area (Å²) in [6.07, 6.45) is 1.79. The lowest BCUT2D eigenvalue weighted by molar-refractivity contribution is -0.0810. The second-order valence-corrected chi connectivity index (χ2v) is 7.24. The van der Waals surface area contributed by atoms with Crippen LogP contribution in [-0.2, 0) is 5.60 Å². The lowest BCUT2D eigenvalue weighted by atomic mass is 9.79. The van der Waals surface area contributed by atoms with Gasteiger partial charge >= 0.3 is 0 Å². The number of rotatable bonds is 3. The summed E-state index contributed by atoms with van der Waals surface area (Å²) in [5.74, 6) is -0.217. The van der Waals surface area contributed by atoms with Crippen LogP contribution in [0.4, 0.5) is 0 Å². The zero-order chi connectivity index (χ0) is 18.9. The van der Waals surface area contributed by atoms with Gasteiger partial charge in [-0.2, -0.15) is 0 Å². The standard InChI is InChI=1S/C19H22ClN3O3/c1-22(2)16-12-23(18(25)13-10-15(20)17(24)21-11-13)9-8-19(16,26)14-6-4-3-5-7-14/h3-7,10-11,16,26H,8-9,12H2,1-2H3,(H,21,24)/t16-,19+/m1/s1. The molecule has 3 rings (SSSR count). The molecule has 1 amide bonds. The van der Waals surface area contributed by atoms with Gasteiger partial charge in [0, 0.05) is 19.3 Å². The molecule has 1 aliphatic rings. The molecule has 6 nitrogen and oxygen atoms in total. The highest BCUT2D eigenvalue weighted by Crippen LogP contribution is 2.35. The number of aromatic nitrogens is 1. The van der Waals surface area contributed by atoms with Crippen LogP contribution in [0.15, 0.2) is 47.4 Å². The molecule has 0 aliphatic carbocycles. The summed E-state index contributed by atoms with van der Waals surface area (Å²) in [6, 6.07) is 10.7. The Morgan fingerprint density at radius 3 is 2.65 bits per heavy atom. The number of aliphatic hydroxyl groups is 1. The Morgan fingerprint density at radius 2 is 2.04 bits per heavy atom. The highest BCUT2D eigenvalue weighted by atomic mass is 35.5. The lowest BCUT2D eigenvalue weighted by Gasteiger charge is -2.47. The summed E-state index contributed by atoms with van der Waals surface area (Å²) in [5, 5.41) is 11.4. The summed E-state index contributed by atoms with van der Waals surface area (Å²) in [6.45, 7) is 0.777. The van der Waals surface area contributed by atoms with Crippen molar-refractivity contribution in [2.45, 2.75) is 18.1 Å². The second kappa shape index (κ2) is 7.23. The number of hydrogen-bond acceptors (Lipinski definition) is 4. The lowest BCUT2D eigenvalue weighted by Crippen LogP contribution is -2.60. The zero-order valence-electron chi connectivity index (χ0n) is 14.8. The fourth-order valence-corrected chi connectivity index (χ4v) is 3.70. The zero-order valence-corrected chi connectivity index (χ0v) is 15.5. The molecular weight excluding hydrogens is 354 g/mol. The first kappa shape index (κ1) is 18.6. The predicted octanol–water partition coefficient (Wildman–Crippen LogP) is 1.69. The number of benzene rings is 1. The molecule has 2 aromatic rings. The van der Waals surface area contributed by atoms with Crippen molar-refractivity contribution in [1.82, 2.24) is 14.8 Å². The van der Waals surface area contributed by atoms with E-state index in [2.05, 4.69) is 4.98 Å². The Morgan fingerprint density at radius 1 is 1.35 bits per heavy atom. The van der Waals surface area contributed by atoms with Crippen LogP contribution in [0.2, 0.25) is 5.02 Å². The van der Waals surface area contributed by atoms with Crippen molar-refractivity contribution in [3.63, 3.8) is 0 Å². The van der Waals surface area contributed by atoms with Gasteiger partial charge < -0.3 is 19.9 Å². The Balaban J connectivity index is 1.87. The number of nitrogens with one attached hydrogen (secondary N) is 1. The topological polar surface area (TPSA) is 76.6 Å². The summed E-state index contributed by atoms with van der Waals surface area (Å²) in [4.78, 5) is 30.3. The number of halogens is 1. The third kappa shape index (κ3) is 3.40. The molecule has 2 atom stereocenters. The van der Waals surface area contributed by atoms with E-state index >= 15 is 0 Å². The van der Waals surface area contributed by atoms with Gasteiger partial charge in [0.2, 0.25) is 0 Å². The number of nitrogens with zero attached hydrogens (tertiary/aromatic N) is 2. The van der Waals surface area contributed by atoms with E-state index in [1.165, 1.54) is 12.3 Å². The van der Waals surface area contributed by atoms with E-state index in [0.29, 0.717) is 25.1 Å². The highest BCUT2D eigenvalue weighted by molar-refractivity contribution is 6.30. The van der Waals surface area contributed by atoms with Crippen LogP contribution in [0.1, 0.15) is 22.3 Å². The van der Waals surface area contributed by atoms with Gasteiger partial charge in [-0.3, -0.25) is 9.59 Å². The van der Waals surface area contributed by atoms with E-state index in [-0.39, 0.29) is 17.0 Å². The number of amides is 1. The average Bonchev–Trinajstić information content (AvgIpc) is 2.64. The van der Waals surface area contributed by atoms with Crippen molar-refractivity contribution in [3.8, 4) is 0 Å². The number of carbonyl (C=O) groups is 1. The molecule has 1 saturated heterocycles. The molecule has 138 valence electrons. The summed E-state index contributed by atoms with van der Waals surface area (Å²) >= 11 is 5.84. The number of hydrogen-bond donors (Lipinski definition) is 2. The Kier molecular flexibility index (Phi) is 5.18. The third-order valence-corrected chi connectivity index (χ3v) is 5.28. The Labute approximate surface area is 157 Å². The number of likely N-dealkylation sites (N-methyl/N-ethyl adjacent to an activating group) is 1. The van der Waals surface area contributed by atoms with Crippen LogP contribution in [-0.4, -0.2) is 59.0 Å². The van der Waals surface area contributed by atoms with E-state index in [9.17, 15) is 14.7 Å². The molecule has 0 radical (unpaired) electrons. The molecule has 1 aromatic carbocycles. The monoisotopic (exact) mass is 375 g/mol. The molecule has 0 spiro atoms. The smallest absolute Gasteiger partial charge is 0.266 e. The van der Waals surface area contributed by atoms with Gasteiger partial charge in [0.15, 0.2) is 0 Å². The predicted molar refractivity (Wildman–Crippen MR) is 100 cm³/mol. The van der Waals surface area contributed by atoms with Crippen molar-refractivity contribution >= 4 is 17.5 Å². The van der Waals surface area contributed by atoms with Gasteiger partial charge in [0.25, 0.3) is 11.5 Å². The maximum absolute atomic E-state index is 12.8.